The minimum absolute atomic E-state index is 0.0348. The lowest BCUT2D eigenvalue weighted by Gasteiger charge is -2.12. The van der Waals surface area contributed by atoms with E-state index in [0.717, 1.165) is 98.9 Å². The molecule has 12 aromatic heterocycles. The highest BCUT2D eigenvalue weighted by Crippen LogP contribution is 2.32. The second-order valence-corrected chi connectivity index (χ2v) is 31.3. The first kappa shape index (κ1) is 90.4. The van der Waals surface area contributed by atoms with Crippen molar-refractivity contribution in [1.29, 1.82) is 0 Å². The van der Waals surface area contributed by atoms with Crippen molar-refractivity contribution in [1.82, 2.24) is 95.3 Å². The first-order chi connectivity index (χ1) is 65.6. The van der Waals surface area contributed by atoms with E-state index in [-0.39, 0.29) is 63.8 Å². The third-order valence-corrected chi connectivity index (χ3v) is 21.9. The van der Waals surface area contributed by atoms with Crippen LogP contribution in [0.15, 0.2) is 243 Å². The minimum atomic E-state index is -1.15. The number of benzene rings is 6. The molecular formula is C96H85N27O13. The Bertz CT molecular complexity index is 7310. The number of carbonyl (C=O) groups is 10. The Kier molecular flexibility index (Phi) is 26.6. The number of hydrogen-bond donors (Lipinski definition) is 18. The smallest absolute Gasteiger partial charge is 0.354 e. The number of ether oxygens (including phenoxy) is 1. The molecule has 4 atom stereocenters. The van der Waals surface area contributed by atoms with Gasteiger partial charge in [0, 0.05) is 193 Å². The van der Waals surface area contributed by atoms with Crippen LogP contribution in [0.25, 0.3) is 133 Å². The maximum Gasteiger partial charge on any atom is 0.354 e. The lowest BCUT2D eigenvalue weighted by atomic mass is 10.1. The molecule has 15 heterocycles. The highest BCUT2D eigenvalue weighted by Gasteiger charge is 2.30. The number of aryl methyl sites for hydroxylation is 1. The molecule has 23 N–H and O–H groups in total. The maximum absolute atomic E-state index is 11.8. The zero-order valence-electron chi connectivity index (χ0n) is 72.3. The minimum Gasteiger partial charge on any atom is -0.477 e. The number of rotatable bonds is 21. The Hall–Kier alpha value is -18.9. The lowest BCUT2D eigenvalue weighted by Crippen LogP contribution is -2.33. The van der Waals surface area contributed by atoms with Gasteiger partial charge in [-0.3, -0.25) is 38.4 Å². The molecule has 0 aliphatic carbocycles. The number of anilines is 3. The summed E-state index contributed by atoms with van der Waals surface area (Å²) in [5.41, 5.74) is 39.3. The third-order valence-electron chi connectivity index (χ3n) is 21.9. The fourth-order valence-corrected chi connectivity index (χ4v) is 14.9. The zero-order valence-corrected chi connectivity index (χ0v) is 72.3. The number of aromatic carboxylic acids is 2. The maximum atomic E-state index is 11.8. The van der Waals surface area contributed by atoms with Gasteiger partial charge in [0.1, 0.15) is 64.0 Å². The number of aromatic amines is 5. The van der Waals surface area contributed by atoms with E-state index < -0.39 is 59.7 Å². The highest BCUT2D eigenvalue weighted by molar-refractivity contribution is 5.98. The largest absolute Gasteiger partial charge is 0.477 e. The molecular weight excluding hydrogens is 1740 g/mol. The van der Waals surface area contributed by atoms with Crippen molar-refractivity contribution >= 4 is 142 Å². The summed E-state index contributed by atoms with van der Waals surface area (Å²) in [6.45, 7) is 3.35. The molecule has 40 heteroatoms. The molecule has 0 spiro atoms. The van der Waals surface area contributed by atoms with Gasteiger partial charge in [0.05, 0.1) is 11.4 Å². The summed E-state index contributed by atoms with van der Waals surface area (Å²) in [5, 5.41) is 41.5. The summed E-state index contributed by atoms with van der Waals surface area (Å²) in [6.07, 6.45) is 12.4. The Morgan fingerprint density at radius 3 is 1.15 bits per heavy atom. The van der Waals surface area contributed by atoms with Crippen LogP contribution in [0.5, 0.6) is 5.88 Å². The van der Waals surface area contributed by atoms with E-state index in [9.17, 15) is 53.1 Å². The summed E-state index contributed by atoms with van der Waals surface area (Å²) in [6, 6.07) is 60.6. The van der Waals surface area contributed by atoms with E-state index in [0.29, 0.717) is 90.9 Å². The van der Waals surface area contributed by atoms with Crippen molar-refractivity contribution in [3.05, 3.63) is 278 Å². The van der Waals surface area contributed by atoms with Crippen LogP contribution < -0.4 is 65.3 Å². The predicted molar refractivity (Wildman–Crippen MR) is 507 cm³/mol. The van der Waals surface area contributed by atoms with Gasteiger partial charge < -0.3 is 105 Å². The molecule has 40 nitrogen and oxygen atoms in total. The molecule has 136 heavy (non-hydrogen) atoms. The Balaban J connectivity index is 0.000000119. The van der Waals surface area contributed by atoms with Crippen LogP contribution in [0.3, 0.4) is 0 Å². The standard InChI is InChI=1S/C17H16N6O2.2C17H15N5O3.C16H16N6O2.C15H13N3O.C14H10N2O2/c18-15(24)13-8-14(21-12-4-6-20-17(12)25)23-16(22-13)10-1-2-11-9(7-10)3-5-19-11;18-15(23)12-8-14(25-13-4-6-20-17(13)24)22-16(21-12)10-1-2-11-9(7-10)3-5-19-11;23-16-12(4-6-19-16)20-14-8-13(17(24)25)21-15(22-14)10-1-2-11-9(7-10)3-5-18-11;1-8(14(17)23)20-13-7-12(15(18)24)21-16(22-13)10-2-3-11-9(6-10)4-5-19-11;1-18-8-7-11-9-10(5-6-14(11)18)12-3-2-4-13(17-12)15(16)19;17-14(18)13-3-1-2-12(16-13)9-4-5-11-10(8-9)6-7-15-11/h1-3,5,7-8,12,19H,4,6H2,(H2,18,24)(H,20,25)(H,21,22,23);1-3,5,7-8,13,19H,4,6H2,(H2,18,23)(H,20,24);1-3,5,7-8,12,18H,4,6H2,(H,19,23)(H,24,25)(H,20,21,22);2-8,19H,1H3,(H2,17,23)(H2,18,24)(H,20,21,22);2-9H,1H3,(H2,16,19);1-8,15H,(H,17,18)/t12-;13-;12-;8-;;/m0000../s1. The zero-order chi connectivity index (χ0) is 95.4. The Morgan fingerprint density at radius 1 is 0.375 bits per heavy atom. The molecule has 8 amide bonds. The molecule has 3 aliphatic rings. The van der Waals surface area contributed by atoms with Gasteiger partial charge >= 0.3 is 11.9 Å². The number of fused-ring (bicyclic) bond motifs is 6. The van der Waals surface area contributed by atoms with Crippen LogP contribution in [0.2, 0.25) is 0 Å². The third kappa shape index (κ3) is 21.5. The van der Waals surface area contributed by atoms with Gasteiger partial charge in [-0.25, -0.2) is 54.4 Å². The summed E-state index contributed by atoms with van der Waals surface area (Å²) in [4.78, 5) is 173. The van der Waals surface area contributed by atoms with E-state index in [1.54, 1.807) is 31.2 Å². The number of pyridine rings is 2. The Labute approximate surface area is 769 Å². The molecule has 682 valence electrons. The summed E-state index contributed by atoms with van der Waals surface area (Å²) >= 11 is 0. The lowest BCUT2D eigenvalue weighted by molar-refractivity contribution is -0.125. The fraction of sp³-hybridized carbons (Fsp3) is 0.125. The first-order valence-electron chi connectivity index (χ1n) is 42.3. The van der Waals surface area contributed by atoms with Gasteiger partial charge in [-0.2, -0.15) is 4.98 Å². The number of carbonyl (C=O) groups excluding carboxylic acids is 8. The van der Waals surface area contributed by atoms with Crippen LogP contribution >= 0.6 is 0 Å². The van der Waals surface area contributed by atoms with E-state index in [2.05, 4.69) is 123 Å². The van der Waals surface area contributed by atoms with Crippen LogP contribution in [-0.2, 0) is 26.2 Å². The number of carboxylic acid groups (broad SMARTS) is 2. The van der Waals surface area contributed by atoms with Gasteiger partial charge in [-0.1, -0.05) is 24.3 Å². The van der Waals surface area contributed by atoms with Gasteiger partial charge in [0.25, 0.3) is 29.5 Å². The summed E-state index contributed by atoms with van der Waals surface area (Å²) < 4.78 is 7.70. The van der Waals surface area contributed by atoms with Gasteiger partial charge in [0.15, 0.2) is 35.1 Å². The number of carboxylic acids is 2. The molecule has 18 aromatic rings. The summed E-state index contributed by atoms with van der Waals surface area (Å²) in [7, 11) is 2.01. The molecule has 0 radical (unpaired) electrons. The number of nitrogens with one attached hydrogen (secondary N) is 11. The highest BCUT2D eigenvalue weighted by atomic mass is 16.5. The van der Waals surface area contributed by atoms with Crippen molar-refractivity contribution in [3.63, 3.8) is 0 Å². The number of hydrogen-bond acceptors (Lipinski definition) is 24. The van der Waals surface area contributed by atoms with E-state index in [4.69, 9.17) is 38.5 Å². The quantitative estimate of drug-likeness (QED) is 0.0318. The molecule has 3 aliphatic heterocycles. The van der Waals surface area contributed by atoms with Crippen molar-refractivity contribution in [2.75, 3.05) is 35.6 Å². The SMILES string of the molecule is C[C@H](Nc1cc(C(N)=O)nc(-c2ccc3[nH]ccc3c2)n1)C(N)=O.Cn1ccc2cc(-c3cccc(C(N)=O)n3)ccc21.NC(=O)c1cc(N[C@H]2CCNC2=O)nc(-c2ccc3[nH]ccc3c2)n1.NC(=O)c1cc(O[C@H]2CCNC2=O)nc(-c2ccc3[nH]ccc3c2)n1.O=C(O)c1cc(N[C@H]2CCNC2=O)nc(-c2ccc3[nH]ccc3c2)n1.O=C(O)c1cccc(-c2ccc3[nH]ccc3c2)n1. The van der Waals surface area contributed by atoms with Crippen LogP contribution in [0.1, 0.15) is 89.1 Å². The predicted octanol–water partition coefficient (Wildman–Crippen LogP) is 9.92. The van der Waals surface area contributed by atoms with Gasteiger partial charge in [0.2, 0.25) is 23.6 Å². The van der Waals surface area contributed by atoms with Crippen LogP contribution in [-0.4, -0.2) is 193 Å². The molecule has 21 rings (SSSR count). The van der Waals surface area contributed by atoms with Crippen molar-refractivity contribution in [2.24, 2.45) is 35.7 Å². The number of primary amides is 5. The molecule has 3 fully saturated rings. The molecule has 0 bridgehead atoms. The second kappa shape index (κ2) is 40.0. The van der Waals surface area contributed by atoms with Crippen LogP contribution in [0, 0.1) is 0 Å². The van der Waals surface area contributed by atoms with Gasteiger partial charge in [-0.15, -0.1) is 0 Å². The average molecular weight is 1820 g/mol. The number of nitrogens with two attached hydrogens (primary N) is 5. The molecule has 6 aromatic carbocycles. The van der Waals surface area contributed by atoms with Crippen molar-refractivity contribution in [2.45, 2.75) is 50.4 Å². The van der Waals surface area contributed by atoms with E-state index in [1.165, 1.54) is 30.3 Å². The topological polar surface area (TPSA) is 635 Å². The number of aromatic nitrogens is 16. The van der Waals surface area contributed by atoms with E-state index >= 15 is 0 Å². The summed E-state index contributed by atoms with van der Waals surface area (Å²) in [5.74, 6) is -3.16. The second-order valence-electron chi connectivity index (χ2n) is 31.3. The molecule has 3 saturated heterocycles. The van der Waals surface area contributed by atoms with E-state index in [1.807, 2.05) is 184 Å². The normalized spacial score (nSPS) is 14.3. The number of amides is 8. The van der Waals surface area contributed by atoms with Crippen LogP contribution in [0.4, 0.5) is 17.5 Å². The Morgan fingerprint density at radius 2 is 0.735 bits per heavy atom. The van der Waals surface area contributed by atoms with Crippen molar-refractivity contribution < 1.29 is 62.9 Å². The number of H-pyrrole nitrogens is 5. The first-order valence-corrected chi connectivity index (χ1v) is 42.3. The molecule has 0 unspecified atom stereocenters. The fourth-order valence-electron chi connectivity index (χ4n) is 14.9. The molecule has 0 saturated carbocycles. The van der Waals surface area contributed by atoms with Gasteiger partial charge in [-0.05, 0) is 177 Å². The average Bonchev–Trinajstić information content (AvgIpc) is 1.84. The number of nitrogens with zero attached hydrogens (tertiary/aromatic N) is 11. The van der Waals surface area contributed by atoms with Crippen molar-refractivity contribution in [3.8, 4) is 73.9 Å². The monoisotopic (exact) mass is 1820 g/mol.